The van der Waals surface area contributed by atoms with E-state index >= 15 is 0 Å². The second-order valence-electron chi connectivity index (χ2n) is 2.78. The van der Waals surface area contributed by atoms with Gasteiger partial charge in [0, 0.05) is 11.2 Å². The minimum absolute atomic E-state index is 0.228. The van der Waals surface area contributed by atoms with Gasteiger partial charge in [-0.05, 0) is 6.07 Å². The molecule has 1 aromatic heterocycles. The molecule has 1 heterocycles. The van der Waals surface area contributed by atoms with E-state index in [0.29, 0.717) is 16.3 Å². The standard InChI is InChI=1S/C10H11ClN2O2/c1-7(11)5-13-10(14)8-3-4-12-6-9(8)15-2/h3-4,6H,1,5H2,2H3,(H,13,14). The lowest BCUT2D eigenvalue weighted by molar-refractivity contribution is 0.0954. The van der Waals surface area contributed by atoms with Crippen LogP contribution in [-0.4, -0.2) is 24.5 Å². The maximum atomic E-state index is 11.6. The number of aromatic nitrogens is 1. The Kier molecular flexibility index (Phi) is 4.12. The van der Waals surface area contributed by atoms with Crippen LogP contribution in [0, 0.1) is 0 Å². The largest absolute Gasteiger partial charge is 0.494 e. The summed E-state index contributed by atoms with van der Waals surface area (Å²) in [7, 11) is 1.48. The number of hydrogen-bond donors (Lipinski definition) is 1. The highest BCUT2D eigenvalue weighted by Gasteiger charge is 2.10. The lowest BCUT2D eigenvalue weighted by Crippen LogP contribution is -2.24. The van der Waals surface area contributed by atoms with Gasteiger partial charge in [-0.2, -0.15) is 0 Å². The van der Waals surface area contributed by atoms with Gasteiger partial charge in [0.05, 0.1) is 25.4 Å². The van der Waals surface area contributed by atoms with Crippen LogP contribution in [0.1, 0.15) is 10.4 Å². The molecule has 0 spiro atoms. The number of pyridine rings is 1. The smallest absolute Gasteiger partial charge is 0.255 e. The summed E-state index contributed by atoms with van der Waals surface area (Å²) in [6.07, 6.45) is 3.00. The average Bonchev–Trinajstić information content (AvgIpc) is 2.25. The van der Waals surface area contributed by atoms with E-state index in [1.807, 2.05) is 0 Å². The van der Waals surface area contributed by atoms with Gasteiger partial charge in [-0.25, -0.2) is 0 Å². The maximum Gasteiger partial charge on any atom is 0.255 e. The molecule has 1 rings (SSSR count). The van der Waals surface area contributed by atoms with Crippen LogP contribution in [0.3, 0.4) is 0 Å². The number of hydrogen-bond acceptors (Lipinski definition) is 3. The Morgan fingerprint density at radius 3 is 3.07 bits per heavy atom. The number of methoxy groups -OCH3 is 1. The Hall–Kier alpha value is -1.55. The van der Waals surface area contributed by atoms with Gasteiger partial charge >= 0.3 is 0 Å². The van der Waals surface area contributed by atoms with Crippen molar-refractivity contribution in [2.24, 2.45) is 0 Å². The van der Waals surface area contributed by atoms with Crippen LogP contribution in [0.15, 0.2) is 30.1 Å². The number of carbonyl (C=O) groups excluding carboxylic acids is 1. The van der Waals surface area contributed by atoms with Gasteiger partial charge in [-0.15, -0.1) is 0 Å². The van der Waals surface area contributed by atoms with Gasteiger partial charge in [0.15, 0.2) is 0 Å². The fraction of sp³-hybridized carbons (Fsp3) is 0.200. The molecule has 0 aromatic carbocycles. The number of nitrogens with zero attached hydrogens (tertiary/aromatic N) is 1. The summed E-state index contributed by atoms with van der Waals surface area (Å²) in [4.78, 5) is 15.5. The van der Waals surface area contributed by atoms with E-state index in [-0.39, 0.29) is 12.5 Å². The van der Waals surface area contributed by atoms with Crippen molar-refractivity contribution in [2.45, 2.75) is 0 Å². The topological polar surface area (TPSA) is 51.2 Å². The van der Waals surface area contributed by atoms with Crippen LogP contribution in [0.5, 0.6) is 5.75 Å². The summed E-state index contributed by atoms with van der Waals surface area (Å²) >= 11 is 5.53. The molecule has 0 saturated heterocycles. The van der Waals surface area contributed by atoms with E-state index in [1.165, 1.54) is 19.5 Å². The van der Waals surface area contributed by atoms with Crippen LogP contribution in [0.25, 0.3) is 0 Å². The molecule has 0 unspecified atom stereocenters. The highest BCUT2D eigenvalue weighted by Crippen LogP contribution is 2.15. The number of carbonyl (C=O) groups is 1. The van der Waals surface area contributed by atoms with Gasteiger partial charge in [-0.1, -0.05) is 18.2 Å². The predicted molar refractivity (Wildman–Crippen MR) is 58.1 cm³/mol. The van der Waals surface area contributed by atoms with Crippen molar-refractivity contribution in [3.63, 3.8) is 0 Å². The third-order valence-electron chi connectivity index (χ3n) is 1.69. The third-order valence-corrected chi connectivity index (χ3v) is 1.82. The summed E-state index contributed by atoms with van der Waals surface area (Å²) in [5.41, 5.74) is 0.422. The van der Waals surface area contributed by atoms with Gasteiger partial charge < -0.3 is 10.1 Å². The number of halogens is 1. The third kappa shape index (κ3) is 3.25. The highest BCUT2D eigenvalue weighted by atomic mass is 35.5. The molecule has 0 fully saturated rings. The molecule has 0 saturated carbocycles. The number of ether oxygens (including phenoxy) is 1. The molecule has 80 valence electrons. The normalized spacial score (nSPS) is 9.47. The molecular weight excluding hydrogens is 216 g/mol. The van der Waals surface area contributed by atoms with E-state index in [4.69, 9.17) is 16.3 Å². The quantitative estimate of drug-likeness (QED) is 0.848. The van der Waals surface area contributed by atoms with Crippen molar-refractivity contribution < 1.29 is 9.53 Å². The Balaban J connectivity index is 2.77. The van der Waals surface area contributed by atoms with E-state index in [0.717, 1.165) is 0 Å². The molecule has 0 aliphatic heterocycles. The Bertz CT molecular complexity index is 379. The zero-order valence-corrected chi connectivity index (χ0v) is 9.04. The zero-order chi connectivity index (χ0) is 11.3. The Morgan fingerprint density at radius 2 is 2.47 bits per heavy atom. The molecule has 0 bridgehead atoms. The summed E-state index contributed by atoms with van der Waals surface area (Å²) in [6.45, 7) is 3.70. The van der Waals surface area contributed by atoms with Crippen LogP contribution in [0.2, 0.25) is 0 Å². The van der Waals surface area contributed by atoms with Gasteiger partial charge in [0.25, 0.3) is 5.91 Å². The molecule has 0 radical (unpaired) electrons. The second kappa shape index (κ2) is 5.36. The average molecular weight is 227 g/mol. The molecule has 5 heteroatoms. The molecule has 1 amide bonds. The van der Waals surface area contributed by atoms with E-state index < -0.39 is 0 Å². The molecule has 0 aliphatic carbocycles. The maximum absolute atomic E-state index is 11.6. The van der Waals surface area contributed by atoms with E-state index in [9.17, 15) is 4.79 Å². The second-order valence-corrected chi connectivity index (χ2v) is 3.31. The Labute approximate surface area is 92.9 Å². The summed E-state index contributed by atoms with van der Waals surface area (Å²) in [5.74, 6) is 0.159. The first-order valence-electron chi connectivity index (χ1n) is 4.24. The molecule has 0 atom stereocenters. The van der Waals surface area contributed by atoms with Crippen molar-refractivity contribution in [2.75, 3.05) is 13.7 Å². The van der Waals surface area contributed by atoms with Gasteiger partial charge in [-0.3, -0.25) is 9.78 Å². The van der Waals surface area contributed by atoms with Crippen LogP contribution < -0.4 is 10.1 Å². The van der Waals surface area contributed by atoms with Gasteiger partial charge in [0.1, 0.15) is 5.75 Å². The number of amides is 1. The molecule has 1 aromatic rings. The molecule has 15 heavy (non-hydrogen) atoms. The van der Waals surface area contributed by atoms with Crippen LogP contribution >= 0.6 is 11.6 Å². The van der Waals surface area contributed by atoms with Crippen molar-refractivity contribution >= 4 is 17.5 Å². The number of rotatable bonds is 4. The first kappa shape index (κ1) is 11.5. The molecule has 4 nitrogen and oxygen atoms in total. The van der Waals surface area contributed by atoms with Crippen molar-refractivity contribution in [3.05, 3.63) is 35.6 Å². The Morgan fingerprint density at radius 1 is 1.73 bits per heavy atom. The minimum atomic E-state index is -0.268. The first-order valence-corrected chi connectivity index (χ1v) is 4.62. The fourth-order valence-corrected chi connectivity index (χ4v) is 1.07. The summed E-state index contributed by atoms with van der Waals surface area (Å²) in [6, 6.07) is 1.57. The first-order chi connectivity index (χ1) is 7.15. The van der Waals surface area contributed by atoms with E-state index in [2.05, 4.69) is 16.9 Å². The number of nitrogens with one attached hydrogen (secondary N) is 1. The predicted octanol–water partition coefficient (Wildman–Crippen LogP) is 1.57. The summed E-state index contributed by atoms with van der Waals surface area (Å²) < 4.78 is 4.99. The van der Waals surface area contributed by atoms with Gasteiger partial charge in [0.2, 0.25) is 0 Å². The van der Waals surface area contributed by atoms with E-state index in [1.54, 1.807) is 6.07 Å². The monoisotopic (exact) mass is 226 g/mol. The SMILES string of the molecule is C=C(Cl)CNC(=O)c1ccncc1OC. The molecular formula is C10H11ClN2O2. The fourth-order valence-electron chi connectivity index (χ4n) is 1.00. The lowest BCUT2D eigenvalue weighted by atomic mass is 10.2. The molecule has 1 N–H and O–H groups in total. The zero-order valence-electron chi connectivity index (χ0n) is 8.29. The lowest BCUT2D eigenvalue weighted by Gasteiger charge is -2.07. The van der Waals surface area contributed by atoms with Crippen LogP contribution in [-0.2, 0) is 0 Å². The van der Waals surface area contributed by atoms with Crippen molar-refractivity contribution in [1.82, 2.24) is 10.3 Å². The minimum Gasteiger partial charge on any atom is -0.494 e. The van der Waals surface area contributed by atoms with Crippen molar-refractivity contribution in [1.29, 1.82) is 0 Å². The highest BCUT2D eigenvalue weighted by molar-refractivity contribution is 6.29. The van der Waals surface area contributed by atoms with Crippen LogP contribution in [0.4, 0.5) is 0 Å². The summed E-state index contributed by atoms with van der Waals surface area (Å²) in [5, 5.41) is 2.97. The molecule has 0 aliphatic rings. The van der Waals surface area contributed by atoms with Crippen molar-refractivity contribution in [3.8, 4) is 5.75 Å².